The minimum atomic E-state index is -1.82. The van der Waals surface area contributed by atoms with E-state index in [1.165, 1.54) is 11.1 Å². The second-order valence-corrected chi connectivity index (χ2v) is 4.68. The fourth-order valence-electron chi connectivity index (χ4n) is 1.70. The van der Waals surface area contributed by atoms with Crippen molar-refractivity contribution in [3.63, 3.8) is 0 Å². The molecule has 0 radical (unpaired) electrons. The standard InChI is InChI=1S/C15H17NO.C2H2O4/c1-12-4-3-5-14(10-12)16-11-13-6-8-15(17-2)9-7-13;3-1(4)2(5)6/h3-10,16H,11H2,1-2H3;(H,3,4)(H,5,6). The zero-order valence-corrected chi connectivity index (χ0v) is 12.9. The molecular weight excluding hydrogens is 298 g/mol. The van der Waals surface area contributed by atoms with Crippen molar-refractivity contribution in [1.82, 2.24) is 0 Å². The van der Waals surface area contributed by atoms with Gasteiger partial charge in [0.05, 0.1) is 7.11 Å². The van der Waals surface area contributed by atoms with Gasteiger partial charge in [0.2, 0.25) is 0 Å². The number of rotatable bonds is 4. The van der Waals surface area contributed by atoms with E-state index in [1.54, 1.807) is 7.11 Å². The number of anilines is 1. The van der Waals surface area contributed by atoms with Crippen molar-refractivity contribution in [2.75, 3.05) is 12.4 Å². The molecule has 0 aromatic heterocycles. The number of aryl methyl sites for hydroxylation is 1. The van der Waals surface area contributed by atoms with Crippen LogP contribution in [-0.4, -0.2) is 29.3 Å². The van der Waals surface area contributed by atoms with Gasteiger partial charge in [-0.1, -0.05) is 24.3 Å². The van der Waals surface area contributed by atoms with E-state index in [4.69, 9.17) is 24.5 Å². The second-order valence-electron chi connectivity index (χ2n) is 4.68. The fourth-order valence-corrected chi connectivity index (χ4v) is 1.70. The summed E-state index contributed by atoms with van der Waals surface area (Å²) in [5, 5.41) is 18.2. The predicted octanol–water partition coefficient (Wildman–Crippen LogP) is 2.77. The number of methoxy groups -OCH3 is 1. The summed E-state index contributed by atoms with van der Waals surface area (Å²) in [5.74, 6) is -2.76. The summed E-state index contributed by atoms with van der Waals surface area (Å²) in [6.45, 7) is 2.92. The molecule has 0 saturated carbocycles. The Kier molecular flexibility index (Phi) is 7.13. The van der Waals surface area contributed by atoms with Gasteiger partial charge in [-0.3, -0.25) is 0 Å². The summed E-state index contributed by atoms with van der Waals surface area (Å²) in [4.78, 5) is 18.2. The topological polar surface area (TPSA) is 95.9 Å². The van der Waals surface area contributed by atoms with Crippen LogP contribution in [0.1, 0.15) is 11.1 Å². The number of benzene rings is 2. The summed E-state index contributed by atoms with van der Waals surface area (Å²) in [7, 11) is 1.68. The molecule has 3 N–H and O–H groups in total. The maximum Gasteiger partial charge on any atom is 0.414 e. The Labute approximate surface area is 134 Å². The molecule has 0 bridgehead atoms. The van der Waals surface area contributed by atoms with Crippen LogP contribution in [0.5, 0.6) is 5.75 Å². The Morgan fingerprint density at radius 1 is 1.04 bits per heavy atom. The average Bonchev–Trinajstić information content (AvgIpc) is 2.54. The van der Waals surface area contributed by atoms with Crippen LogP contribution in [0.2, 0.25) is 0 Å². The van der Waals surface area contributed by atoms with E-state index in [2.05, 4.69) is 48.6 Å². The highest BCUT2D eigenvalue weighted by molar-refractivity contribution is 6.27. The van der Waals surface area contributed by atoms with Gasteiger partial charge in [-0.25, -0.2) is 9.59 Å². The molecule has 0 aliphatic heterocycles. The number of ether oxygens (including phenoxy) is 1. The molecule has 0 atom stereocenters. The molecule has 0 fully saturated rings. The lowest BCUT2D eigenvalue weighted by atomic mass is 10.2. The van der Waals surface area contributed by atoms with Crippen LogP contribution in [0, 0.1) is 6.92 Å². The molecule has 0 saturated heterocycles. The van der Waals surface area contributed by atoms with Crippen molar-refractivity contribution in [3.05, 3.63) is 59.7 Å². The van der Waals surface area contributed by atoms with E-state index in [9.17, 15) is 0 Å². The van der Waals surface area contributed by atoms with Crippen molar-refractivity contribution < 1.29 is 24.5 Å². The number of aliphatic carboxylic acids is 2. The normalized spacial score (nSPS) is 9.30. The molecule has 0 aliphatic carbocycles. The highest BCUT2D eigenvalue weighted by Gasteiger charge is 2.04. The highest BCUT2D eigenvalue weighted by atomic mass is 16.5. The lowest BCUT2D eigenvalue weighted by molar-refractivity contribution is -0.159. The van der Waals surface area contributed by atoms with Crippen molar-refractivity contribution in [2.45, 2.75) is 13.5 Å². The van der Waals surface area contributed by atoms with Crippen LogP contribution >= 0.6 is 0 Å². The molecule has 2 aromatic rings. The van der Waals surface area contributed by atoms with Gasteiger partial charge in [0.15, 0.2) is 0 Å². The highest BCUT2D eigenvalue weighted by Crippen LogP contribution is 2.14. The minimum Gasteiger partial charge on any atom is -0.497 e. The van der Waals surface area contributed by atoms with Gasteiger partial charge in [-0.2, -0.15) is 0 Å². The molecule has 2 aromatic carbocycles. The Bertz CT molecular complexity index is 640. The third kappa shape index (κ3) is 6.99. The predicted molar refractivity (Wildman–Crippen MR) is 86.8 cm³/mol. The van der Waals surface area contributed by atoms with Crippen molar-refractivity contribution in [2.24, 2.45) is 0 Å². The summed E-state index contributed by atoms with van der Waals surface area (Å²) in [6, 6.07) is 16.5. The number of carboxylic acids is 2. The van der Waals surface area contributed by atoms with Crippen LogP contribution in [0.25, 0.3) is 0 Å². The SMILES string of the molecule is COc1ccc(CNc2cccc(C)c2)cc1.O=C(O)C(=O)O. The molecule has 0 spiro atoms. The second kappa shape index (κ2) is 9.09. The van der Waals surface area contributed by atoms with Crippen LogP contribution in [0.15, 0.2) is 48.5 Å². The van der Waals surface area contributed by atoms with Gasteiger partial charge >= 0.3 is 11.9 Å². The lowest BCUT2D eigenvalue weighted by Gasteiger charge is -2.08. The minimum absolute atomic E-state index is 0.827. The zero-order valence-electron chi connectivity index (χ0n) is 12.9. The average molecular weight is 317 g/mol. The first-order valence-electron chi connectivity index (χ1n) is 6.82. The maximum atomic E-state index is 9.10. The van der Waals surface area contributed by atoms with Gasteiger partial charge < -0.3 is 20.3 Å². The van der Waals surface area contributed by atoms with E-state index in [0.717, 1.165) is 18.0 Å². The number of hydrogen-bond acceptors (Lipinski definition) is 4. The van der Waals surface area contributed by atoms with Crippen LogP contribution in [0.4, 0.5) is 5.69 Å². The van der Waals surface area contributed by atoms with Crippen molar-refractivity contribution in [1.29, 1.82) is 0 Å². The van der Waals surface area contributed by atoms with E-state index < -0.39 is 11.9 Å². The fraction of sp³-hybridized carbons (Fsp3) is 0.176. The summed E-state index contributed by atoms with van der Waals surface area (Å²) < 4.78 is 5.13. The molecule has 23 heavy (non-hydrogen) atoms. The van der Waals surface area contributed by atoms with Crippen molar-refractivity contribution >= 4 is 17.6 Å². The summed E-state index contributed by atoms with van der Waals surface area (Å²) in [6.07, 6.45) is 0. The summed E-state index contributed by atoms with van der Waals surface area (Å²) >= 11 is 0. The van der Waals surface area contributed by atoms with Gasteiger partial charge in [0.25, 0.3) is 0 Å². The molecule has 122 valence electrons. The van der Waals surface area contributed by atoms with E-state index >= 15 is 0 Å². The van der Waals surface area contributed by atoms with Crippen LogP contribution in [-0.2, 0) is 16.1 Å². The molecule has 6 nitrogen and oxygen atoms in total. The molecule has 0 heterocycles. The molecule has 0 aliphatic rings. The monoisotopic (exact) mass is 317 g/mol. The van der Waals surface area contributed by atoms with Gasteiger partial charge in [0.1, 0.15) is 5.75 Å². The Morgan fingerprint density at radius 2 is 1.65 bits per heavy atom. The Balaban J connectivity index is 0.000000379. The Morgan fingerprint density at radius 3 is 2.13 bits per heavy atom. The van der Waals surface area contributed by atoms with Gasteiger partial charge in [0, 0.05) is 12.2 Å². The number of carbonyl (C=O) groups is 2. The third-order valence-corrected chi connectivity index (χ3v) is 2.86. The number of carboxylic acid groups (broad SMARTS) is 2. The molecule has 0 unspecified atom stereocenters. The molecule has 0 amide bonds. The molecular formula is C17H19NO5. The largest absolute Gasteiger partial charge is 0.497 e. The lowest BCUT2D eigenvalue weighted by Crippen LogP contribution is -2.09. The molecule has 6 heteroatoms. The third-order valence-electron chi connectivity index (χ3n) is 2.86. The van der Waals surface area contributed by atoms with Crippen LogP contribution < -0.4 is 10.1 Å². The maximum absolute atomic E-state index is 9.10. The first-order chi connectivity index (χ1) is 10.9. The number of hydrogen-bond donors (Lipinski definition) is 3. The molecule has 2 rings (SSSR count). The Hall–Kier alpha value is -3.02. The first kappa shape index (κ1) is 18.0. The van der Waals surface area contributed by atoms with E-state index in [-0.39, 0.29) is 0 Å². The van der Waals surface area contributed by atoms with Gasteiger partial charge in [-0.15, -0.1) is 0 Å². The van der Waals surface area contributed by atoms with E-state index in [0.29, 0.717) is 0 Å². The summed E-state index contributed by atoms with van der Waals surface area (Å²) in [5.41, 5.74) is 3.66. The van der Waals surface area contributed by atoms with Gasteiger partial charge in [-0.05, 0) is 42.3 Å². The quantitative estimate of drug-likeness (QED) is 0.750. The first-order valence-corrected chi connectivity index (χ1v) is 6.82. The van der Waals surface area contributed by atoms with Crippen LogP contribution in [0.3, 0.4) is 0 Å². The zero-order chi connectivity index (χ0) is 17.2. The number of nitrogens with one attached hydrogen (secondary N) is 1. The van der Waals surface area contributed by atoms with E-state index in [1.807, 2.05) is 12.1 Å². The van der Waals surface area contributed by atoms with Crippen molar-refractivity contribution in [3.8, 4) is 5.75 Å². The smallest absolute Gasteiger partial charge is 0.414 e.